The topological polar surface area (TPSA) is 67.2 Å². The van der Waals surface area contributed by atoms with Crippen LogP contribution in [0.4, 0.5) is 0 Å². The summed E-state index contributed by atoms with van der Waals surface area (Å²) >= 11 is 0. The third kappa shape index (κ3) is 5.31. The zero-order chi connectivity index (χ0) is 18.6. The number of carbonyl (C=O) groups is 2. The number of aryl methyl sites for hydroxylation is 1. The molecule has 1 N–H and O–H groups in total. The van der Waals surface area contributed by atoms with Crippen LogP contribution in [0.25, 0.3) is 0 Å². The normalized spacial score (nSPS) is 18.5. The monoisotopic (exact) mass is 348 g/mol. The molecule has 1 aromatic rings. The van der Waals surface area contributed by atoms with E-state index in [1.54, 1.807) is 11.1 Å². The molecule has 6 heteroatoms. The van der Waals surface area contributed by atoms with Crippen LogP contribution in [0, 0.1) is 0 Å². The number of carbonyl (C=O) groups excluding carboxylic acids is 2. The fourth-order valence-electron chi connectivity index (χ4n) is 3.33. The van der Waals surface area contributed by atoms with Gasteiger partial charge in [0, 0.05) is 43.4 Å². The molecule has 2 heterocycles. The van der Waals surface area contributed by atoms with E-state index in [0.717, 1.165) is 25.1 Å². The molecule has 6 nitrogen and oxygen atoms in total. The first-order chi connectivity index (χ1) is 11.7. The van der Waals surface area contributed by atoms with Crippen LogP contribution in [0.3, 0.4) is 0 Å². The molecule has 0 saturated carbocycles. The highest BCUT2D eigenvalue weighted by Crippen LogP contribution is 2.20. The molecule has 0 unspecified atom stereocenters. The zero-order valence-electron chi connectivity index (χ0n) is 16.2. The van der Waals surface area contributed by atoms with Crippen molar-refractivity contribution in [2.45, 2.75) is 84.3 Å². The standard InChI is InChI=1S/C19H32N4O2/c1-14(2)17-20-10-13-22(17)12-9-16(24)23-11-7-6-8-15(23)18(25)21-19(3,4)5/h10,13-15H,6-9,11-12H2,1-5H3,(H,21,25)/t15-/m1/s1. The smallest absolute Gasteiger partial charge is 0.243 e. The summed E-state index contributed by atoms with van der Waals surface area (Å²) in [4.78, 5) is 31.5. The van der Waals surface area contributed by atoms with Crippen LogP contribution in [0.5, 0.6) is 0 Å². The maximum absolute atomic E-state index is 12.8. The van der Waals surface area contributed by atoms with Crippen LogP contribution in [0.2, 0.25) is 0 Å². The number of hydrogen-bond acceptors (Lipinski definition) is 3. The van der Waals surface area contributed by atoms with Crippen molar-refractivity contribution < 1.29 is 9.59 Å². The molecule has 140 valence electrons. The summed E-state index contributed by atoms with van der Waals surface area (Å²) in [6.45, 7) is 11.4. The third-order valence-electron chi connectivity index (χ3n) is 4.45. The third-order valence-corrected chi connectivity index (χ3v) is 4.45. The Hall–Kier alpha value is -1.85. The lowest BCUT2D eigenvalue weighted by Crippen LogP contribution is -2.55. The van der Waals surface area contributed by atoms with E-state index in [0.29, 0.717) is 25.4 Å². The Bertz CT molecular complexity index is 601. The Morgan fingerprint density at radius 1 is 1.32 bits per heavy atom. The van der Waals surface area contributed by atoms with E-state index in [1.807, 2.05) is 31.5 Å². The van der Waals surface area contributed by atoms with Gasteiger partial charge in [-0.15, -0.1) is 0 Å². The van der Waals surface area contributed by atoms with Crippen molar-refractivity contribution in [2.24, 2.45) is 0 Å². The molecular formula is C19H32N4O2. The molecule has 0 aliphatic carbocycles. The first kappa shape index (κ1) is 19.5. The minimum Gasteiger partial charge on any atom is -0.350 e. The summed E-state index contributed by atoms with van der Waals surface area (Å²) in [6.07, 6.45) is 6.80. The zero-order valence-corrected chi connectivity index (χ0v) is 16.2. The Balaban J connectivity index is 2.00. The van der Waals surface area contributed by atoms with E-state index in [1.165, 1.54) is 0 Å². The molecule has 1 atom stereocenters. The lowest BCUT2D eigenvalue weighted by Gasteiger charge is -2.36. The largest absolute Gasteiger partial charge is 0.350 e. The van der Waals surface area contributed by atoms with Gasteiger partial charge in [-0.2, -0.15) is 0 Å². The maximum Gasteiger partial charge on any atom is 0.243 e. The number of nitrogens with one attached hydrogen (secondary N) is 1. The molecule has 0 spiro atoms. The van der Waals surface area contributed by atoms with E-state index in [2.05, 4.69) is 24.1 Å². The van der Waals surface area contributed by atoms with Gasteiger partial charge in [-0.3, -0.25) is 9.59 Å². The fraction of sp³-hybridized carbons (Fsp3) is 0.737. The van der Waals surface area contributed by atoms with Crippen molar-refractivity contribution in [2.75, 3.05) is 6.54 Å². The SMILES string of the molecule is CC(C)c1nccn1CCC(=O)N1CCCC[C@@H]1C(=O)NC(C)(C)C. The van der Waals surface area contributed by atoms with Gasteiger partial charge in [0.05, 0.1) is 0 Å². The van der Waals surface area contributed by atoms with E-state index in [9.17, 15) is 9.59 Å². The van der Waals surface area contributed by atoms with E-state index >= 15 is 0 Å². The molecule has 2 amide bonds. The molecule has 1 aromatic heterocycles. The van der Waals surface area contributed by atoms with Gasteiger partial charge < -0.3 is 14.8 Å². The summed E-state index contributed by atoms with van der Waals surface area (Å²) in [5, 5.41) is 3.02. The number of nitrogens with zero attached hydrogens (tertiary/aromatic N) is 3. The van der Waals surface area contributed by atoms with Crippen molar-refractivity contribution in [1.82, 2.24) is 19.8 Å². The summed E-state index contributed by atoms with van der Waals surface area (Å²) in [5.41, 5.74) is -0.285. The summed E-state index contributed by atoms with van der Waals surface area (Å²) in [5.74, 6) is 1.34. The van der Waals surface area contributed by atoms with Crippen molar-refractivity contribution >= 4 is 11.8 Å². The average molecular weight is 348 g/mol. The predicted octanol–water partition coefficient (Wildman–Crippen LogP) is 2.69. The first-order valence-electron chi connectivity index (χ1n) is 9.31. The second kappa shape index (κ2) is 8.02. The second-order valence-corrected chi connectivity index (χ2v) is 8.22. The number of piperidine rings is 1. The summed E-state index contributed by atoms with van der Waals surface area (Å²) < 4.78 is 2.04. The first-order valence-corrected chi connectivity index (χ1v) is 9.31. The average Bonchev–Trinajstić information content (AvgIpc) is 2.99. The molecule has 2 rings (SSSR count). The minimum atomic E-state index is -0.340. The molecule has 1 saturated heterocycles. The Kier molecular flexibility index (Phi) is 6.25. The van der Waals surface area contributed by atoms with Gasteiger partial charge in [-0.25, -0.2) is 4.98 Å². The van der Waals surface area contributed by atoms with Crippen LogP contribution in [0.15, 0.2) is 12.4 Å². The lowest BCUT2D eigenvalue weighted by molar-refractivity contribution is -0.143. The van der Waals surface area contributed by atoms with Crippen LogP contribution < -0.4 is 5.32 Å². The highest BCUT2D eigenvalue weighted by atomic mass is 16.2. The molecule has 1 aliphatic heterocycles. The van der Waals surface area contributed by atoms with Crippen LogP contribution in [-0.4, -0.2) is 44.4 Å². The number of hydrogen-bond donors (Lipinski definition) is 1. The molecule has 1 fully saturated rings. The lowest BCUT2D eigenvalue weighted by atomic mass is 9.99. The molecular weight excluding hydrogens is 316 g/mol. The molecule has 25 heavy (non-hydrogen) atoms. The van der Waals surface area contributed by atoms with Gasteiger partial charge >= 0.3 is 0 Å². The number of aromatic nitrogens is 2. The highest BCUT2D eigenvalue weighted by Gasteiger charge is 2.33. The van der Waals surface area contributed by atoms with Gasteiger partial charge in [-0.1, -0.05) is 13.8 Å². The minimum absolute atomic E-state index is 0.0361. The maximum atomic E-state index is 12.8. The van der Waals surface area contributed by atoms with Gasteiger partial charge in [-0.05, 0) is 40.0 Å². The molecule has 0 aromatic carbocycles. The molecule has 0 bridgehead atoms. The molecule has 1 aliphatic rings. The van der Waals surface area contributed by atoms with Gasteiger partial charge in [0.25, 0.3) is 0 Å². The number of imidazole rings is 1. The Morgan fingerprint density at radius 2 is 2.04 bits per heavy atom. The predicted molar refractivity (Wildman–Crippen MR) is 98.2 cm³/mol. The summed E-state index contributed by atoms with van der Waals surface area (Å²) in [6, 6.07) is -0.340. The van der Waals surface area contributed by atoms with Crippen LogP contribution >= 0.6 is 0 Å². The van der Waals surface area contributed by atoms with Crippen molar-refractivity contribution in [1.29, 1.82) is 0 Å². The number of amides is 2. The van der Waals surface area contributed by atoms with Crippen molar-refractivity contribution in [3.63, 3.8) is 0 Å². The Morgan fingerprint density at radius 3 is 2.68 bits per heavy atom. The van der Waals surface area contributed by atoms with Gasteiger partial charge in [0.1, 0.15) is 11.9 Å². The quantitative estimate of drug-likeness (QED) is 0.889. The summed E-state index contributed by atoms with van der Waals surface area (Å²) in [7, 11) is 0. The second-order valence-electron chi connectivity index (χ2n) is 8.22. The highest BCUT2D eigenvalue weighted by molar-refractivity contribution is 5.88. The van der Waals surface area contributed by atoms with Crippen LogP contribution in [0.1, 0.15) is 72.0 Å². The van der Waals surface area contributed by atoms with Crippen molar-refractivity contribution in [3.8, 4) is 0 Å². The number of likely N-dealkylation sites (tertiary alicyclic amines) is 1. The molecule has 0 radical (unpaired) electrons. The fourth-order valence-corrected chi connectivity index (χ4v) is 3.33. The van der Waals surface area contributed by atoms with Crippen molar-refractivity contribution in [3.05, 3.63) is 18.2 Å². The van der Waals surface area contributed by atoms with E-state index in [4.69, 9.17) is 0 Å². The van der Waals surface area contributed by atoms with E-state index < -0.39 is 0 Å². The van der Waals surface area contributed by atoms with Gasteiger partial charge in [0.2, 0.25) is 11.8 Å². The van der Waals surface area contributed by atoms with Crippen LogP contribution in [-0.2, 0) is 16.1 Å². The van der Waals surface area contributed by atoms with E-state index in [-0.39, 0.29) is 23.4 Å². The Labute approximate surface area is 151 Å². The number of rotatable bonds is 5. The van der Waals surface area contributed by atoms with Gasteiger partial charge in [0.15, 0.2) is 0 Å².